The fourth-order valence-corrected chi connectivity index (χ4v) is 3.75. The Morgan fingerprint density at radius 3 is 2.62 bits per heavy atom. The zero-order valence-electron chi connectivity index (χ0n) is 14.0. The Hall–Kier alpha value is -2.50. The summed E-state index contributed by atoms with van der Waals surface area (Å²) in [7, 11) is 0. The van der Waals surface area contributed by atoms with E-state index in [0.717, 1.165) is 19.5 Å². The van der Waals surface area contributed by atoms with E-state index in [-0.39, 0.29) is 6.04 Å². The predicted molar refractivity (Wildman–Crippen MR) is 99.8 cm³/mol. The van der Waals surface area contributed by atoms with Crippen LogP contribution in [-0.2, 0) is 6.54 Å². The number of hydrogen-bond donors (Lipinski definition) is 0. The molecule has 0 bridgehead atoms. The molecule has 2 aromatic carbocycles. The van der Waals surface area contributed by atoms with Crippen LogP contribution in [0, 0.1) is 11.8 Å². The summed E-state index contributed by atoms with van der Waals surface area (Å²) in [4.78, 5) is 0. The molecular weight excluding hydrogens is 292 g/mol. The molecule has 1 fully saturated rings. The molecule has 1 saturated heterocycles. The van der Waals surface area contributed by atoms with Gasteiger partial charge < -0.3 is 4.57 Å². The van der Waals surface area contributed by atoms with Crippen molar-refractivity contribution in [3.63, 3.8) is 0 Å². The number of para-hydroxylation sites is 1. The summed E-state index contributed by atoms with van der Waals surface area (Å²) in [6, 6.07) is 19.7. The molecule has 2 heterocycles. The van der Waals surface area contributed by atoms with Gasteiger partial charge in [-0.1, -0.05) is 54.5 Å². The van der Waals surface area contributed by atoms with Gasteiger partial charge in [-0.2, -0.15) is 0 Å². The molecule has 119 valence electrons. The van der Waals surface area contributed by atoms with E-state index >= 15 is 0 Å². The standard InChI is InChI=1S/C22H21N2/c1-2-3-16-24-20-14-8-7-12-18(20)21(17-10-5-4-6-11-17)22(24)19-13-9-15-23-19/h4-8,10-12,14,19H,9,13,15-16H2,1H3. The Balaban J connectivity index is 2.03. The summed E-state index contributed by atoms with van der Waals surface area (Å²) in [5.41, 5.74) is 5.20. The van der Waals surface area contributed by atoms with E-state index in [1.807, 2.05) is 6.92 Å². The summed E-state index contributed by atoms with van der Waals surface area (Å²) in [6.07, 6.45) is 2.32. The molecule has 1 radical (unpaired) electrons. The molecule has 0 amide bonds. The summed E-state index contributed by atoms with van der Waals surface area (Å²) in [5, 5.41) is 6.19. The smallest absolute Gasteiger partial charge is 0.0841 e. The monoisotopic (exact) mass is 313 g/mol. The van der Waals surface area contributed by atoms with Crippen molar-refractivity contribution in [3.8, 4) is 23.0 Å². The number of nitrogens with zero attached hydrogens (tertiary/aromatic N) is 2. The van der Waals surface area contributed by atoms with Gasteiger partial charge in [-0.15, -0.1) is 5.92 Å². The SMILES string of the molecule is CC#CCn1c(C2CCC[N]2)c(-c2ccccc2)c2ccccc21. The fourth-order valence-electron chi connectivity index (χ4n) is 3.75. The molecule has 1 aromatic heterocycles. The first-order valence-corrected chi connectivity index (χ1v) is 8.63. The van der Waals surface area contributed by atoms with E-state index in [0.29, 0.717) is 0 Å². The van der Waals surface area contributed by atoms with Crippen LogP contribution in [-0.4, -0.2) is 11.1 Å². The highest BCUT2D eigenvalue weighted by molar-refractivity contribution is 5.98. The van der Waals surface area contributed by atoms with Crippen LogP contribution in [0.2, 0.25) is 0 Å². The third-order valence-electron chi connectivity index (χ3n) is 4.79. The molecule has 4 rings (SSSR count). The van der Waals surface area contributed by atoms with Gasteiger partial charge >= 0.3 is 0 Å². The summed E-state index contributed by atoms with van der Waals surface area (Å²) < 4.78 is 2.38. The van der Waals surface area contributed by atoms with Gasteiger partial charge in [-0.25, -0.2) is 5.32 Å². The Morgan fingerprint density at radius 1 is 1.08 bits per heavy atom. The lowest BCUT2D eigenvalue weighted by molar-refractivity contribution is 0.588. The molecule has 1 atom stereocenters. The molecule has 2 nitrogen and oxygen atoms in total. The van der Waals surface area contributed by atoms with Gasteiger partial charge in [0.1, 0.15) is 0 Å². The van der Waals surface area contributed by atoms with Crippen LogP contribution in [0.3, 0.4) is 0 Å². The molecule has 0 spiro atoms. The number of fused-ring (bicyclic) bond motifs is 1. The van der Waals surface area contributed by atoms with Gasteiger partial charge in [-0.3, -0.25) is 0 Å². The fraction of sp³-hybridized carbons (Fsp3) is 0.273. The second-order valence-electron chi connectivity index (χ2n) is 6.22. The van der Waals surface area contributed by atoms with Gasteiger partial charge in [0, 0.05) is 28.7 Å². The van der Waals surface area contributed by atoms with Crippen molar-refractivity contribution in [2.24, 2.45) is 0 Å². The lowest BCUT2D eigenvalue weighted by Gasteiger charge is -2.16. The van der Waals surface area contributed by atoms with Gasteiger partial charge in [0.15, 0.2) is 0 Å². The predicted octanol–water partition coefficient (Wildman–Crippen LogP) is 4.77. The Kier molecular flexibility index (Phi) is 4.11. The molecule has 1 unspecified atom stereocenters. The zero-order chi connectivity index (χ0) is 16.4. The first-order chi connectivity index (χ1) is 11.9. The molecule has 24 heavy (non-hydrogen) atoms. The van der Waals surface area contributed by atoms with Crippen molar-refractivity contribution in [1.29, 1.82) is 0 Å². The van der Waals surface area contributed by atoms with Crippen LogP contribution in [0.1, 0.15) is 31.5 Å². The first kappa shape index (κ1) is 15.1. The molecule has 0 aliphatic carbocycles. The average molecular weight is 313 g/mol. The topological polar surface area (TPSA) is 19.0 Å². The van der Waals surface area contributed by atoms with Crippen molar-refractivity contribution >= 4 is 10.9 Å². The quantitative estimate of drug-likeness (QED) is 0.620. The minimum Gasteiger partial charge on any atom is -0.331 e. The van der Waals surface area contributed by atoms with Crippen LogP contribution in [0.4, 0.5) is 0 Å². The van der Waals surface area contributed by atoms with E-state index in [1.165, 1.54) is 34.1 Å². The Bertz CT molecular complexity index is 904. The molecule has 3 aromatic rings. The number of hydrogen-bond acceptors (Lipinski definition) is 0. The van der Waals surface area contributed by atoms with Crippen molar-refractivity contribution in [1.82, 2.24) is 9.88 Å². The highest BCUT2D eigenvalue weighted by Gasteiger charge is 2.27. The first-order valence-electron chi connectivity index (χ1n) is 8.63. The highest BCUT2D eigenvalue weighted by Crippen LogP contribution is 2.40. The molecular formula is C22H21N2. The number of benzene rings is 2. The van der Waals surface area contributed by atoms with Crippen molar-refractivity contribution in [3.05, 3.63) is 60.3 Å². The maximum Gasteiger partial charge on any atom is 0.0841 e. The van der Waals surface area contributed by atoms with E-state index in [9.17, 15) is 0 Å². The number of rotatable bonds is 3. The zero-order valence-corrected chi connectivity index (χ0v) is 14.0. The van der Waals surface area contributed by atoms with Gasteiger partial charge in [0.05, 0.1) is 12.6 Å². The van der Waals surface area contributed by atoms with E-state index < -0.39 is 0 Å². The Morgan fingerprint density at radius 2 is 1.88 bits per heavy atom. The lowest BCUT2D eigenvalue weighted by Crippen LogP contribution is -2.12. The van der Waals surface area contributed by atoms with Gasteiger partial charge in [0.2, 0.25) is 0 Å². The normalized spacial score (nSPS) is 17.0. The summed E-state index contributed by atoms with van der Waals surface area (Å²) in [6.45, 7) is 3.61. The van der Waals surface area contributed by atoms with Gasteiger partial charge in [-0.05, 0) is 31.4 Å². The molecule has 2 heteroatoms. The van der Waals surface area contributed by atoms with Crippen molar-refractivity contribution in [2.45, 2.75) is 32.4 Å². The van der Waals surface area contributed by atoms with Crippen LogP contribution in [0.5, 0.6) is 0 Å². The van der Waals surface area contributed by atoms with Crippen LogP contribution < -0.4 is 5.32 Å². The van der Waals surface area contributed by atoms with Crippen LogP contribution in [0.15, 0.2) is 54.6 Å². The maximum atomic E-state index is 4.89. The van der Waals surface area contributed by atoms with Gasteiger partial charge in [0.25, 0.3) is 0 Å². The molecule has 0 N–H and O–H groups in total. The number of aromatic nitrogens is 1. The maximum absolute atomic E-state index is 4.89. The third-order valence-corrected chi connectivity index (χ3v) is 4.79. The lowest BCUT2D eigenvalue weighted by atomic mass is 9.98. The van der Waals surface area contributed by atoms with Crippen molar-refractivity contribution < 1.29 is 0 Å². The van der Waals surface area contributed by atoms with E-state index in [2.05, 4.69) is 71.0 Å². The largest absolute Gasteiger partial charge is 0.331 e. The highest BCUT2D eigenvalue weighted by atomic mass is 15.1. The molecule has 0 saturated carbocycles. The minimum absolute atomic E-state index is 0.284. The van der Waals surface area contributed by atoms with E-state index in [1.54, 1.807) is 0 Å². The van der Waals surface area contributed by atoms with Crippen molar-refractivity contribution in [2.75, 3.05) is 6.54 Å². The average Bonchev–Trinajstić information content (AvgIpc) is 3.26. The summed E-state index contributed by atoms with van der Waals surface area (Å²) in [5.74, 6) is 6.30. The second kappa shape index (κ2) is 6.55. The van der Waals surface area contributed by atoms with Crippen LogP contribution in [0.25, 0.3) is 22.0 Å². The molecule has 1 aliphatic rings. The van der Waals surface area contributed by atoms with E-state index in [4.69, 9.17) is 5.32 Å². The minimum atomic E-state index is 0.284. The summed E-state index contributed by atoms with van der Waals surface area (Å²) >= 11 is 0. The Labute approximate surface area is 143 Å². The van der Waals surface area contributed by atoms with Crippen LogP contribution >= 0.6 is 0 Å². The second-order valence-corrected chi connectivity index (χ2v) is 6.22. The molecule has 1 aliphatic heterocycles. The third kappa shape index (κ3) is 2.52.